The molecule has 0 saturated carbocycles. The molecule has 0 bridgehead atoms. The number of aliphatic hydroxyl groups is 2. The first-order valence-electron chi connectivity index (χ1n) is 8.61. The number of methoxy groups -OCH3 is 1. The van der Waals surface area contributed by atoms with E-state index in [2.05, 4.69) is 0 Å². The summed E-state index contributed by atoms with van der Waals surface area (Å²) in [5.41, 5.74) is 0.301. The van der Waals surface area contributed by atoms with Gasteiger partial charge in [-0.15, -0.1) is 0 Å². The number of phenols is 1. The molecule has 1 aromatic carbocycles. The maximum absolute atomic E-state index is 12.6. The van der Waals surface area contributed by atoms with Crippen molar-refractivity contribution in [2.24, 2.45) is 5.92 Å². The van der Waals surface area contributed by atoms with Crippen LogP contribution in [0.3, 0.4) is 0 Å². The predicted octanol–water partition coefficient (Wildman–Crippen LogP) is 1.85. The van der Waals surface area contributed by atoms with Crippen molar-refractivity contribution in [3.05, 3.63) is 41.5 Å². The first-order chi connectivity index (χ1) is 12.7. The van der Waals surface area contributed by atoms with E-state index in [0.717, 1.165) is 0 Å². The van der Waals surface area contributed by atoms with E-state index in [4.69, 9.17) is 9.47 Å². The van der Waals surface area contributed by atoms with E-state index in [-0.39, 0.29) is 23.7 Å². The molecule has 0 aromatic heterocycles. The molecule has 0 amide bonds. The van der Waals surface area contributed by atoms with Gasteiger partial charge in [0.25, 0.3) is 0 Å². The zero-order valence-electron chi connectivity index (χ0n) is 15.5. The molecule has 2 rings (SSSR count). The molecular formula is C20H24O7. The summed E-state index contributed by atoms with van der Waals surface area (Å²) in [6.45, 7) is 3.40. The summed E-state index contributed by atoms with van der Waals surface area (Å²) in [6.07, 6.45) is 2.19. The Balaban J connectivity index is 2.50. The lowest BCUT2D eigenvalue weighted by atomic mass is 9.99. The van der Waals surface area contributed by atoms with Crippen LogP contribution in [0.15, 0.2) is 30.4 Å². The number of carbonyl (C=O) groups is 2. The number of esters is 1. The monoisotopic (exact) mass is 376 g/mol. The fourth-order valence-electron chi connectivity index (χ4n) is 2.58. The zero-order chi connectivity index (χ0) is 20.1. The molecule has 1 aromatic rings. The van der Waals surface area contributed by atoms with Gasteiger partial charge in [0, 0.05) is 12.0 Å². The van der Waals surface area contributed by atoms with Crippen molar-refractivity contribution in [2.75, 3.05) is 7.11 Å². The Bertz CT molecular complexity index is 766. The van der Waals surface area contributed by atoms with E-state index in [1.807, 2.05) is 0 Å². The molecule has 0 saturated heterocycles. The molecule has 7 heteroatoms. The second kappa shape index (κ2) is 8.83. The van der Waals surface area contributed by atoms with Crippen molar-refractivity contribution in [3.8, 4) is 11.5 Å². The number of aromatic hydroxyl groups is 1. The van der Waals surface area contributed by atoms with Crippen molar-refractivity contribution < 1.29 is 34.4 Å². The van der Waals surface area contributed by atoms with Crippen molar-refractivity contribution in [1.82, 2.24) is 0 Å². The molecule has 0 unspecified atom stereocenters. The summed E-state index contributed by atoms with van der Waals surface area (Å²) >= 11 is 0. The fourth-order valence-corrected chi connectivity index (χ4v) is 2.58. The second-order valence-corrected chi connectivity index (χ2v) is 6.49. The van der Waals surface area contributed by atoms with E-state index in [0.29, 0.717) is 11.3 Å². The van der Waals surface area contributed by atoms with Crippen LogP contribution < -0.4 is 4.74 Å². The number of benzene rings is 1. The number of cyclic esters (lactones) is 1. The van der Waals surface area contributed by atoms with Crippen LogP contribution in [0, 0.1) is 5.92 Å². The van der Waals surface area contributed by atoms with Crippen molar-refractivity contribution >= 4 is 17.8 Å². The molecule has 1 aliphatic rings. The normalized spacial score (nSPS) is 29.2. The van der Waals surface area contributed by atoms with Crippen LogP contribution in [0.4, 0.5) is 0 Å². The molecule has 4 atom stereocenters. The lowest BCUT2D eigenvalue weighted by molar-refractivity contribution is -0.127. The number of hydrogen-bond acceptors (Lipinski definition) is 7. The number of ketones is 1. The highest BCUT2D eigenvalue weighted by Crippen LogP contribution is 2.30. The highest BCUT2D eigenvalue weighted by Gasteiger charge is 2.25. The van der Waals surface area contributed by atoms with Gasteiger partial charge in [-0.25, -0.2) is 4.79 Å². The molecule has 3 N–H and O–H groups in total. The molecule has 27 heavy (non-hydrogen) atoms. The molecule has 0 radical (unpaired) electrons. The lowest BCUT2D eigenvalue weighted by Gasteiger charge is -2.20. The Morgan fingerprint density at radius 1 is 1.15 bits per heavy atom. The van der Waals surface area contributed by atoms with Gasteiger partial charge in [-0.2, -0.15) is 0 Å². The van der Waals surface area contributed by atoms with Crippen molar-refractivity contribution in [2.45, 2.75) is 38.6 Å². The van der Waals surface area contributed by atoms with E-state index >= 15 is 0 Å². The maximum Gasteiger partial charge on any atom is 0.342 e. The Labute approximate surface area is 157 Å². The minimum Gasteiger partial charge on any atom is -0.507 e. The highest BCUT2D eigenvalue weighted by molar-refractivity contribution is 5.97. The SMILES string of the molecule is COc1cc(O)c2c(c1)/C=C/C[C@H](O)[C@@H](O)C(=O)/C=C/[C@@H](C)[C@H](C)OC2=O. The van der Waals surface area contributed by atoms with E-state index in [9.17, 15) is 24.9 Å². The average molecular weight is 376 g/mol. The molecule has 1 heterocycles. The van der Waals surface area contributed by atoms with Gasteiger partial charge < -0.3 is 24.8 Å². The minimum absolute atomic E-state index is 0.0286. The zero-order valence-corrected chi connectivity index (χ0v) is 15.5. The van der Waals surface area contributed by atoms with Crippen LogP contribution >= 0.6 is 0 Å². The quantitative estimate of drug-likeness (QED) is 0.641. The number of hydrogen-bond donors (Lipinski definition) is 3. The summed E-state index contributed by atoms with van der Waals surface area (Å²) in [6, 6.07) is 2.85. The minimum atomic E-state index is -1.56. The number of ether oxygens (including phenoxy) is 2. The first kappa shape index (κ1) is 20.7. The Hall–Kier alpha value is -2.64. The molecule has 0 fully saturated rings. The van der Waals surface area contributed by atoms with Crippen molar-refractivity contribution in [1.29, 1.82) is 0 Å². The number of fused-ring (bicyclic) bond motifs is 1. The van der Waals surface area contributed by atoms with Gasteiger partial charge >= 0.3 is 5.97 Å². The molecule has 0 spiro atoms. The Morgan fingerprint density at radius 2 is 1.85 bits per heavy atom. The summed E-state index contributed by atoms with van der Waals surface area (Å²) < 4.78 is 10.5. The third-order valence-corrected chi connectivity index (χ3v) is 4.49. The molecule has 7 nitrogen and oxygen atoms in total. The fraction of sp³-hybridized carbons (Fsp3) is 0.400. The van der Waals surface area contributed by atoms with Gasteiger partial charge in [-0.1, -0.05) is 25.2 Å². The molecule has 0 aliphatic carbocycles. The maximum atomic E-state index is 12.6. The first-order valence-corrected chi connectivity index (χ1v) is 8.61. The largest absolute Gasteiger partial charge is 0.507 e. The summed E-state index contributed by atoms with van der Waals surface area (Å²) in [5.74, 6) is -1.63. The summed E-state index contributed by atoms with van der Waals surface area (Å²) in [7, 11) is 1.42. The van der Waals surface area contributed by atoms with E-state index in [1.54, 1.807) is 19.9 Å². The molecule has 146 valence electrons. The number of aliphatic hydroxyl groups excluding tert-OH is 2. The Kier molecular flexibility index (Phi) is 6.76. The van der Waals surface area contributed by atoms with Crippen LogP contribution in [0.25, 0.3) is 6.08 Å². The van der Waals surface area contributed by atoms with Gasteiger partial charge in [0.1, 0.15) is 29.3 Å². The average Bonchev–Trinajstić information content (AvgIpc) is 2.63. The number of rotatable bonds is 1. The summed E-state index contributed by atoms with van der Waals surface area (Å²) in [5, 5.41) is 30.2. The van der Waals surface area contributed by atoms with Gasteiger partial charge in [-0.3, -0.25) is 4.79 Å². The van der Waals surface area contributed by atoms with E-state index < -0.39 is 30.1 Å². The molecular weight excluding hydrogens is 352 g/mol. The lowest BCUT2D eigenvalue weighted by Crippen LogP contribution is -2.32. The molecule has 1 aliphatic heterocycles. The van der Waals surface area contributed by atoms with Crippen LogP contribution in [0.2, 0.25) is 0 Å². The van der Waals surface area contributed by atoms with Crippen molar-refractivity contribution in [3.63, 3.8) is 0 Å². The highest BCUT2D eigenvalue weighted by atomic mass is 16.5. The number of phenolic OH excluding ortho intramolecular Hbond substituents is 1. The number of carbonyl (C=O) groups excluding carboxylic acids is 2. The third-order valence-electron chi connectivity index (χ3n) is 4.49. The second-order valence-electron chi connectivity index (χ2n) is 6.49. The van der Waals surface area contributed by atoms with Crippen LogP contribution in [0.1, 0.15) is 36.2 Å². The van der Waals surface area contributed by atoms with Crippen LogP contribution in [-0.2, 0) is 9.53 Å². The smallest absolute Gasteiger partial charge is 0.342 e. The van der Waals surface area contributed by atoms with Crippen LogP contribution in [-0.4, -0.2) is 52.5 Å². The topological polar surface area (TPSA) is 113 Å². The Morgan fingerprint density at radius 3 is 2.52 bits per heavy atom. The van der Waals surface area contributed by atoms with Crippen LogP contribution in [0.5, 0.6) is 11.5 Å². The van der Waals surface area contributed by atoms with E-state index in [1.165, 1.54) is 37.5 Å². The van der Waals surface area contributed by atoms with Gasteiger partial charge in [-0.05, 0) is 31.1 Å². The van der Waals surface area contributed by atoms with Gasteiger partial charge in [0.05, 0.1) is 13.2 Å². The standard InChI is InChI=1S/C20H24O7/c1-11-7-8-16(22)19(24)15(21)6-4-5-13-9-14(26-3)10-17(23)18(13)20(25)27-12(11)2/h4-5,7-12,15,19,21,23-24H,6H2,1-3H3/b5-4+,8-7+/t11-,12+,15+,19-/m1/s1. The van der Waals surface area contributed by atoms with Gasteiger partial charge in [0.2, 0.25) is 0 Å². The summed E-state index contributed by atoms with van der Waals surface area (Å²) in [4.78, 5) is 24.6. The third kappa shape index (κ3) is 4.96. The predicted molar refractivity (Wildman–Crippen MR) is 98.5 cm³/mol. The van der Waals surface area contributed by atoms with Gasteiger partial charge in [0.15, 0.2) is 5.78 Å².